The smallest absolute Gasteiger partial charge is 0.128 e. The summed E-state index contributed by atoms with van der Waals surface area (Å²) in [6.07, 6.45) is 5.85. The molecule has 4 nitrogen and oxygen atoms in total. The van der Waals surface area contributed by atoms with Gasteiger partial charge < -0.3 is 20.8 Å². The third-order valence-corrected chi connectivity index (χ3v) is 14.1. The zero-order valence-corrected chi connectivity index (χ0v) is 37.2. The van der Waals surface area contributed by atoms with Crippen molar-refractivity contribution >= 4 is 43.1 Å². The van der Waals surface area contributed by atoms with Crippen LogP contribution in [0.3, 0.4) is 0 Å². The molecule has 10 aromatic carbocycles. The van der Waals surface area contributed by atoms with E-state index in [1.165, 1.54) is 22.3 Å². The maximum atomic E-state index is 12.6. The van der Waals surface area contributed by atoms with Crippen LogP contribution in [0.15, 0.2) is 194 Å². The Kier molecular flexibility index (Phi) is 11.5. The Morgan fingerprint density at radius 2 is 0.697 bits per heavy atom. The normalized spacial score (nSPS) is 15.2. The quantitative estimate of drug-likeness (QED) is 0.0988. The van der Waals surface area contributed by atoms with Gasteiger partial charge in [-0.2, -0.15) is 0 Å². The molecule has 2 atom stereocenters. The minimum absolute atomic E-state index is 0.178. The second-order valence-electron chi connectivity index (χ2n) is 18.2. The van der Waals surface area contributed by atoms with Gasteiger partial charge in [0, 0.05) is 47.4 Å². The molecule has 1 aliphatic rings. The molecule has 66 heavy (non-hydrogen) atoms. The number of aromatic hydroxyl groups is 2. The average Bonchev–Trinajstić information content (AvgIpc) is 3.36. The van der Waals surface area contributed by atoms with E-state index in [0.717, 1.165) is 115 Å². The van der Waals surface area contributed by atoms with Crippen molar-refractivity contribution in [2.24, 2.45) is 0 Å². The van der Waals surface area contributed by atoms with Crippen LogP contribution in [0.4, 0.5) is 0 Å². The maximum Gasteiger partial charge on any atom is 0.128 e. The van der Waals surface area contributed by atoms with Gasteiger partial charge in [-0.1, -0.05) is 195 Å². The van der Waals surface area contributed by atoms with Crippen molar-refractivity contribution in [3.8, 4) is 33.8 Å². The highest BCUT2D eigenvalue weighted by molar-refractivity contribution is 6.10. The fourth-order valence-corrected chi connectivity index (χ4v) is 10.8. The van der Waals surface area contributed by atoms with Crippen molar-refractivity contribution in [2.45, 2.75) is 63.7 Å². The van der Waals surface area contributed by atoms with E-state index in [1.807, 2.05) is 0 Å². The molecule has 0 aliphatic heterocycles. The minimum atomic E-state index is 0.178. The Labute approximate surface area is 387 Å². The first-order valence-electron chi connectivity index (χ1n) is 23.6. The molecule has 4 heteroatoms. The van der Waals surface area contributed by atoms with Gasteiger partial charge in [-0.05, 0) is 114 Å². The summed E-state index contributed by atoms with van der Waals surface area (Å²) in [5, 5.41) is 41.9. The summed E-state index contributed by atoms with van der Waals surface area (Å²) in [4.78, 5) is 0. The zero-order chi connectivity index (χ0) is 44.4. The average molecular weight is 859 g/mol. The number of fused-ring (bicyclic) bond motifs is 4. The number of phenolic OH excluding ortho intramolecular Hbond substituents is 2. The van der Waals surface area contributed by atoms with Crippen LogP contribution in [0.1, 0.15) is 59.1 Å². The number of phenols is 2. The number of hydrogen-bond acceptors (Lipinski definition) is 4. The summed E-state index contributed by atoms with van der Waals surface area (Å²) >= 11 is 0. The molecule has 1 saturated carbocycles. The summed E-state index contributed by atoms with van der Waals surface area (Å²) in [7, 11) is 0. The fraction of sp³-hybridized carbons (Fsp3) is 0.161. The molecule has 324 valence electrons. The Bertz CT molecular complexity index is 3140. The molecule has 1 aliphatic carbocycles. The topological polar surface area (TPSA) is 64.5 Å². The second-order valence-corrected chi connectivity index (χ2v) is 18.2. The highest BCUT2D eigenvalue weighted by atomic mass is 16.3. The summed E-state index contributed by atoms with van der Waals surface area (Å²) < 4.78 is 0. The molecule has 1 fully saturated rings. The zero-order valence-electron chi connectivity index (χ0n) is 37.2. The van der Waals surface area contributed by atoms with Gasteiger partial charge in [-0.25, -0.2) is 0 Å². The van der Waals surface area contributed by atoms with Gasteiger partial charge in [0.2, 0.25) is 0 Å². The van der Waals surface area contributed by atoms with Gasteiger partial charge in [0.25, 0.3) is 0 Å². The van der Waals surface area contributed by atoms with Gasteiger partial charge in [0.15, 0.2) is 0 Å². The van der Waals surface area contributed by atoms with Crippen molar-refractivity contribution in [1.29, 1.82) is 0 Å². The SMILES string of the molecule is Oc1c(CN[C@@H]2CCCC[C@H]2NCc2cc3ccccc3c(-c3c(Cc4ccccc4)ccc4ccccc34)c2O)cc2ccccc2c1-c1c(Cc2ccccc2)ccc2ccccc12. The molecule has 0 radical (unpaired) electrons. The molecule has 0 amide bonds. The van der Waals surface area contributed by atoms with E-state index >= 15 is 0 Å². The van der Waals surface area contributed by atoms with Gasteiger partial charge >= 0.3 is 0 Å². The van der Waals surface area contributed by atoms with Gasteiger partial charge in [0.1, 0.15) is 11.5 Å². The lowest BCUT2D eigenvalue weighted by Crippen LogP contribution is -2.49. The standard InChI is InChI=1S/C62H54N2O2/c65-61-49(37-45-23-9-13-27-53(45)59(61)57-47(35-41-17-3-1-4-18-41)33-31-43-21-7-11-25-51(43)57)39-63-55-29-15-16-30-56(55)64-40-50-38-46-24-10-14-28-54(46)60(62(50)66)58-48(36-42-19-5-2-6-20-42)34-32-44-22-8-12-26-52(44)58/h1-14,17-28,31-34,37-38,55-56,63-66H,15-16,29-30,35-36,39-40H2/t55-,56-/m1/s1. The molecule has 0 heterocycles. The highest BCUT2D eigenvalue weighted by Gasteiger charge is 2.27. The van der Waals surface area contributed by atoms with Crippen molar-refractivity contribution in [2.75, 3.05) is 0 Å². The lowest BCUT2D eigenvalue weighted by molar-refractivity contribution is 0.279. The van der Waals surface area contributed by atoms with Gasteiger partial charge in [-0.15, -0.1) is 0 Å². The van der Waals surface area contributed by atoms with Crippen molar-refractivity contribution in [1.82, 2.24) is 10.6 Å². The Balaban J connectivity index is 0.921. The largest absolute Gasteiger partial charge is 0.507 e. The third kappa shape index (κ3) is 8.08. The predicted molar refractivity (Wildman–Crippen MR) is 275 cm³/mol. The van der Waals surface area contributed by atoms with Crippen LogP contribution in [0, 0.1) is 0 Å². The van der Waals surface area contributed by atoms with E-state index < -0.39 is 0 Å². The molecule has 0 bridgehead atoms. The van der Waals surface area contributed by atoms with Crippen LogP contribution in [-0.4, -0.2) is 22.3 Å². The molecular weight excluding hydrogens is 805 g/mol. The summed E-state index contributed by atoms with van der Waals surface area (Å²) in [6.45, 7) is 1.06. The van der Waals surface area contributed by atoms with Crippen molar-refractivity contribution < 1.29 is 10.2 Å². The third-order valence-electron chi connectivity index (χ3n) is 14.1. The molecule has 10 aromatic rings. The highest BCUT2D eigenvalue weighted by Crippen LogP contribution is 2.46. The van der Waals surface area contributed by atoms with Crippen LogP contribution >= 0.6 is 0 Å². The van der Waals surface area contributed by atoms with Gasteiger partial charge in [0.05, 0.1) is 0 Å². The van der Waals surface area contributed by atoms with Crippen molar-refractivity contribution in [3.63, 3.8) is 0 Å². The summed E-state index contributed by atoms with van der Waals surface area (Å²) in [5.41, 5.74) is 10.6. The molecule has 0 saturated heterocycles. The van der Waals surface area contributed by atoms with Crippen molar-refractivity contribution in [3.05, 3.63) is 228 Å². The Hall–Kier alpha value is -7.24. The minimum Gasteiger partial charge on any atom is -0.507 e. The molecule has 0 spiro atoms. The molecule has 0 unspecified atom stereocenters. The van der Waals surface area contributed by atoms with Crippen LogP contribution in [0.25, 0.3) is 65.3 Å². The fourth-order valence-electron chi connectivity index (χ4n) is 10.8. The number of hydrogen-bond donors (Lipinski definition) is 4. The van der Waals surface area contributed by atoms with Gasteiger partial charge in [-0.3, -0.25) is 0 Å². The van der Waals surface area contributed by atoms with E-state index in [1.54, 1.807) is 0 Å². The van der Waals surface area contributed by atoms with E-state index in [4.69, 9.17) is 0 Å². The number of rotatable bonds is 12. The van der Waals surface area contributed by atoms with Crippen LogP contribution < -0.4 is 10.6 Å². The maximum absolute atomic E-state index is 12.6. The lowest BCUT2D eigenvalue weighted by atomic mass is 9.85. The molecular formula is C62H54N2O2. The molecule has 11 rings (SSSR count). The lowest BCUT2D eigenvalue weighted by Gasteiger charge is -2.33. The van der Waals surface area contributed by atoms with E-state index in [2.05, 4.69) is 205 Å². The van der Waals surface area contributed by atoms with E-state index in [-0.39, 0.29) is 12.1 Å². The Morgan fingerprint density at radius 1 is 0.348 bits per heavy atom. The summed E-state index contributed by atoms with van der Waals surface area (Å²) in [6, 6.07) is 68.9. The first-order valence-corrected chi connectivity index (χ1v) is 23.6. The first kappa shape index (κ1) is 41.5. The van der Waals surface area contributed by atoms with E-state index in [9.17, 15) is 10.2 Å². The van der Waals surface area contributed by atoms with Crippen LogP contribution in [0.2, 0.25) is 0 Å². The first-order chi connectivity index (χ1) is 32.6. The molecule has 0 aromatic heterocycles. The molecule has 4 N–H and O–H groups in total. The second kappa shape index (κ2) is 18.3. The Morgan fingerprint density at radius 3 is 1.11 bits per heavy atom. The summed E-state index contributed by atoms with van der Waals surface area (Å²) in [5.74, 6) is 0.668. The number of benzene rings is 10. The number of nitrogens with one attached hydrogen (secondary N) is 2. The monoisotopic (exact) mass is 858 g/mol. The van der Waals surface area contributed by atoms with Crippen LogP contribution in [0.5, 0.6) is 11.5 Å². The predicted octanol–water partition coefficient (Wildman–Crippen LogP) is 14.4. The van der Waals surface area contributed by atoms with E-state index in [0.29, 0.717) is 24.6 Å². The van der Waals surface area contributed by atoms with Crippen LogP contribution in [-0.2, 0) is 25.9 Å².